The predicted octanol–water partition coefficient (Wildman–Crippen LogP) is 5.04. The summed E-state index contributed by atoms with van der Waals surface area (Å²) in [5, 5.41) is 0.383. The van der Waals surface area contributed by atoms with Crippen molar-refractivity contribution in [2.75, 3.05) is 26.0 Å². The SMILES string of the molecule is C[C@H](c1cc(F)cc(Cl)c1)N1CCC(COc2cc(F)c(C(=O)NS(C)(=O)=O)cc2C2CC2)CC1. The number of halogens is 3. The zero-order valence-corrected chi connectivity index (χ0v) is 21.3. The fourth-order valence-corrected chi connectivity index (χ4v) is 5.23. The molecule has 2 aliphatic rings. The van der Waals surface area contributed by atoms with E-state index in [1.807, 2.05) is 11.6 Å². The van der Waals surface area contributed by atoms with Gasteiger partial charge in [0, 0.05) is 17.1 Å². The fraction of sp³-hybridized carbons (Fsp3) is 0.480. The summed E-state index contributed by atoms with van der Waals surface area (Å²) in [5.41, 5.74) is 1.28. The highest BCUT2D eigenvalue weighted by Crippen LogP contribution is 2.45. The Balaban J connectivity index is 1.38. The predicted molar refractivity (Wildman–Crippen MR) is 130 cm³/mol. The quantitative estimate of drug-likeness (QED) is 0.522. The number of nitrogens with one attached hydrogen (secondary N) is 1. The molecule has 0 bridgehead atoms. The molecule has 1 atom stereocenters. The molecule has 1 aliphatic carbocycles. The third-order valence-corrected chi connectivity index (χ3v) is 7.45. The van der Waals surface area contributed by atoms with Gasteiger partial charge in [0.15, 0.2) is 0 Å². The maximum absolute atomic E-state index is 14.7. The number of likely N-dealkylation sites (tertiary alicyclic amines) is 1. The highest BCUT2D eigenvalue weighted by atomic mass is 35.5. The number of rotatable bonds is 8. The van der Waals surface area contributed by atoms with Crippen molar-refractivity contribution in [3.8, 4) is 5.75 Å². The van der Waals surface area contributed by atoms with Crippen LogP contribution in [0.2, 0.25) is 5.02 Å². The Hall–Kier alpha value is -2.23. The zero-order valence-electron chi connectivity index (χ0n) is 19.7. The number of hydrogen-bond acceptors (Lipinski definition) is 5. The van der Waals surface area contributed by atoms with E-state index in [1.54, 1.807) is 6.07 Å². The second-order valence-electron chi connectivity index (χ2n) is 9.52. The molecule has 1 amide bonds. The smallest absolute Gasteiger partial charge is 0.267 e. The lowest BCUT2D eigenvalue weighted by atomic mass is 9.95. The molecule has 35 heavy (non-hydrogen) atoms. The molecular formula is C25H29ClF2N2O4S. The van der Waals surface area contributed by atoms with Gasteiger partial charge in [-0.25, -0.2) is 21.9 Å². The van der Waals surface area contributed by atoms with Crippen LogP contribution >= 0.6 is 11.6 Å². The van der Waals surface area contributed by atoms with Gasteiger partial charge in [-0.1, -0.05) is 11.6 Å². The van der Waals surface area contributed by atoms with Crippen molar-refractivity contribution in [1.82, 2.24) is 9.62 Å². The monoisotopic (exact) mass is 526 g/mol. The number of carbonyl (C=O) groups is 1. The lowest BCUT2D eigenvalue weighted by molar-refractivity contribution is 0.0977. The summed E-state index contributed by atoms with van der Waals surface area (Å²) in [4.78, 5) is 14.5. The van der Waals surface area contributed by atoms with E-state index in [2.05, 4.69) is 4.90 Å². The van der Waals surface area contributed by atoms with Crippen LogP contribution < -0.4 is 9.46 Å². The molecule has 1 saturated carbocycles. The third kappa shape index (κ3) is 6.71. The van der Waals surface area contributed by atoms with E-state index >= 15 is 0 Å². The van der Waals surface area contributed by atoms with E-state index < -0.39 is 21.7 Å². The van der Waals surface area contributed by atoms with Gasteiger partial charge in [-0.15, -0.1) is 0 Å². The average Bonchev–Trinajstić information content (AvgIpc) is 3.61. The first kappa shape index (κ1) is 25.9. The first-order chi connectivity index (χ1) is 16.5. The summed E-state index contributed by atoms with van der Waals surface area (Å²) >= 11 is 6.01. The fourth-order valence-electron chi connectivity index (χ4n) is 4.55. The molecule has 1 N–H and O–H groups in total. The molecule has 4 rings (SSSR count). The highest BCUT2D eigenvalue weighted by Gasteiger charge is 2.31. The third-order valence-electron chi connectivity index (χ3n) is 6.68. The van der Waals surface area contributed by atoms with Crippen LogP contribution in [0, 0.1) is 17.6 Å². The molecule has 0 aromatic heterocycles. The van der Waals surface area contributed by atoms with Gasteiger partial charge in [0.1, 0.15) is 17.4 Å². The minimum Gasteiger partial charge on any atom is -0.493 e. The van der Waals surface area contributed by atoms with E-state index in [0.29, 0.717) is 17.4 Å². The summed E-state index contributed by atoms with van der Waals surface area (Å²) in [7, 11) is -3.80. The second-order valence-corrected chi connectivity index (χ2v) is 11.7. The Bertz CT molecular complexity index is 1190. The molecule has 1 aliphatic heterocycles. The van der Waals surface area contributed by atoms with Gasteiger partial charge >= 0.3 is 0 Å². The molecule has 2 fully saturated rings. The van der Waals surface area contributed by atoms with Gasteiger partial charge in [0.25, 0.3) is 5.91 Å². The van der Waals surface area contributed by atoms with Crippen molar-refractivity contribution in [3.05, 3.63) is 63.7 Å². The maximum atomic E-state index is 14.7. The number of sulfonamides is 1. The highest BCUT2D eigenvalue weighted by molar-refractivity contribution is 7.89. The average molecular weight is 527 g/mol. The summed E-state index contributed by atoms with van der Waals surface area (Å²) in [5.74, 6) is -1.29. The van der Waals surface area contributed by atoms with Crippen LogP contribution in [0.5, 0.6) is 5.75 Å². The minimum absolute atomic E-state index is 0.0336. The van der Waals surface area contributed by atoms with E-state index in [9.17, 15) is 22.0 Å². The number of amides is 1. The summed E-state index contributed by atoms with van der Waals surface area (Å²) < 4.78 is 59.0. The maximum Gasteiger partial charge on any atom is 0.267 e. The molecule has 10 heteroatoms. The Morgan fingerprint density at radius 3 is 2.43 bits per heavy atom. The van der Waals surface area contributed by atoms with E-state index in [-0.39, 0.29) is 29.3 Å². The van der Waals surface area contributed by atoms with Gasteiger partial charge in [-0.05, 0) is 92.9 Å². The van der Waals surface area contributed by atoms with E-state index in [1.165, 1.54) is 24.3 Å². The Morgan fingerprint density at radius 2 is 1.83 bits per heavy atom. The van der Waals surface area contributed by atoms with Crippen LogP contribution in [0.25, 0.3) is 0 Å². The van der Waals surface area contributed by atoms with Crippen molar-refractivity contribution < 1.29 is 26.7 Å². The lowest BCUT2D eigenvalue weighted by Gasteiger charge is -2.36. The minimum atomic E-state index is -3.80. The largest absolute Gasteiger partial charge is 0.493 e. The topological polar surface area (TPSA) is 75.7 Å². The molecule has 6 nitrogen and oxygen atoms in total. The molecule has 0 radical (unpaired) electrons. The van der Waals surface area contributed by atoms with Crippen molar-refractivity contribution in [3.63, 3.8) is 0 Å². The Labute approximate surface area is 209 Å². The molecule has 1 heterocycles. The standard InChI is InChI=1S/C25H29ClF2N2O4S/c1-15(18-9-19(26)11-20(27)10-18)30-7-5-16(6-8-30)14-34-24-13-23(28)22(12-21(24)17-3-4-17)25(31)29-35(2,32)33/h9-13,15-17H,3-8,14H2,1-2H3,(H,29,31)/t15-/m1/s1. The lowest BCUT2D eigenvalue weighted by Crippen LogP contribution is -2.37. The number of piperidine rings is 1. The Kier molecular flexibility index (Phi) is 7.68. The van der Waals surface area contributed by atoms with Crippen LogP contribution in [-0.2, 0) is 10.0 Å². The number of nitrogens with zero attached hydrogens (tertiary/aromatic N) is 1. The van der Waals surface area contributed by atoms with Gasteiger partial charge in [0.05, 0.1) is 18.4 Å². The zero-order chi connectivity index (χ0) is 25.3. The normalized spacial score (nSPS) is 18.3. The van der Waals surface area contributed by atoms with Crippen LogP contribution in [0.15, 0.2) is 30.3 Å². The van der Waals surface area contributed by atoms with Crippen LogP contribution in [0.3, 0.4) is 0 Å². The van der Waals surface area contributed by atoms with Crippen molar-refractivity contribution in [2.45, 2.75) is 44.6 Å². The van der Waals surface area contributed by atoms with Gasteiger partial charge in [-0.3, -0.25) is 9.69 Å². The van der Waals surface area contributed by atoms with Crippen molar-refractivity contribution in [2.24, 2.45) is 5.92 Å². The summed E-state index contributed by atoms with van der Waals surface area (Å²) in [6, 6.07) is 7.24. The molecule has 190 valence electrons. The summed E-state index contributed by atoms with van der Waals surface area (Å²) in [6.07, 6.45) is 4.43. The van der Waals surface area contributed by atoms with Gasteiger partial charge in [0.2, 0.25) is 10.0 Å². The number of ether oxygens (including phenoxy) is 1. The van der Waals surface area contributed by atoms with Crippen LogP contribution in [0.1, 0.15) is 66.1 Å². The van der Waals surface area contributed by atoms with Crippen molar-refractivity contribution >= 4 is 27.5 Å². The second kappa shape index (κ2) is 10.4. The number of hydrogen-bond donors (Lipinski definition) is 1. The molecular weight excluding hydrogens is 498 g/mol. The molecule has 0 unspecified atom stereocenters. The molecule has 2 aromatic carbocycles. The van der Waals surface area contributed by atoms with Gasteiger partial charge in [-0.2, -0.15) is 0 Å². The van der Waals surface area contributed by atoms with E-state index in [0.717, 1.165) is 56.2 Å². The first-order valence-corrected chi connectivity index (χ1v) is 14.0. The molecule has 0 spiro atoms. The van der Waals surface area contributed by atoms with Crippen LogP contribution in [0.4, 0.5) is 8.78 Å². The summed E-state index contributed by atoms with van der Waals surface area (Å²) in [6.45, 7) is 4.09. The Morgan fingerprint density at radius 1 is 1.14 bits per heavy atom. The number of carbonyl (C=O) groups excluding carboxylic acids is 1. The molecule has 2 aromatic rings. The van der Waals surface area contributed by atoms with Crippen molar-refractivity contribution in [1.29, 1.82) is 0 Å². The van der Waals surface area contributed by atoms with Crippen LogP contribution in [-0.4, -0.2) is 45.2 Å². The first-order valence-electron chi connectivity index (χ1n) is 11.7. The number of benzene rings is 2. The molecule has 1 saturated heterocycles. The van der Waals surface area contributed by atoms with Gasteiger partial charge < -0.3 is 4.74 Å². The van der Waals surface area contributed by atoms with E-state index in [4.69, 9.17) is 16.3 Å².